The Kier molecular flexibility index (Phi) is 8.75. The zero-order valence-electron chi connectivity index (χ0n) is 18.1. The number of rotatable bonds is 13. The summed E-state index contributed by atoms with van der Waals surface area (Å²) in [5, 5.41) is 10.5. The average molecular weight is 411 g/mol. The Hall–Kier alpha value is -2.34. The third-order valence-corrected chi connectivity index (χ3v) is 5.13. The Balaban J connectivity index is 1.56. The van der Waals surface area contributed by atoms with Crippen LogP contribution in [0.5, 0.6) is 0 Å². The summed E-state index contributed by atoms with van der Waals surface area (Å²) in [5.41, 5.74) is 2.54. The molecule has 0 radical (unpaired) electrons. The van der Waals surface area contributed by atoms with Crippen molar-refractivity contribution in [2.45, 2.75) is 46.1 Å². The second-order valence-electron chi connectivity index (χ2n) is 8.28. The van der Waals surface area contributed by atoms with Gasteiger partial charge in [0.15, 0.2) is 0 Å². The molecule has 0 saturated heterocycles. The molecule has 0 aliphatic carbocycles. The van der Waals surface area contributed by atoms with Crippen LogP contribution in [0.3, 0.4) is 0 Å². The molecule has 0 unspecified atom stereocenters. The molecule has 0 fully saturated rings. The number of ether oxygens (including phenoxy) is 1. The lowest BCUT2D eigenvalue weighted by Crippen LogP contribution is -2.36. The van der Waals surface area contributed by atoms with Crippen LogP contribution in [0.1, 0.15) is 37.3 Å². The van der Waals surface area contributed by atoms with Crippen LogP contribution in [-0.2, 0) is 24.4 Å². The molecule has 162 valence electrons. The fourth-order valence-electron chi connectivity index (χ4n) is 3.47. The van der Waals surface area contributed by atoms with Crippen molar-refractivity contribution in [2.75, 3.05) is 19.7 Å². The summed E-state index contributed by atoms with van der Waals surface area (Å²) in [4.78, 5) is 2.33. The second kappa shape index (κ2) is 11.7. The maximum atomic E-state index is 10.5. The van der Waals surface area contributed by atoms with Gasteiger partial charge in [-0.1, -0.05) is 44.2 Å². The van der Waals surface area contributed by atoms with E-state index in [1.807, 2.05) is 18.2 Å². The van der Waals surface area contributed by atoms with E-state index < -0.39 is 6.10 Å². The van der Waals surface area contributed by atoms with Crippen LogP contribution in [0.15, 0.2) is 71.5 Å². The highest BCUT2D eigenvalue weighted by Crippen LogP contribution is 2.13. The number of hydrogen-bond donors (Lipinski definition) is 1. The van der Waals surface area contributed by atoms with Gasteiger partial charge in [-0.05, 0) is 48.7 Å². The SMILES string of the molecule is CC(C)CCN(Cc1cccn1Cc1ccccc1)C[C@@H](O)COCc1ccco1. The summed E-state index contributed by atoms with van der Waals surface area (Å²) in [6.07, 6.45) is 4.32. The molecule has 0 spiro atoms. The molecule has 1 atom stereocenters. The van der Waals surface area contributed by atoms with Crippen molar-refractivity contribution in [3.63, 3.8) is 0 Å². The van der Waals surface area contributed by atoms with Crippen molar-refractivity contribution in [3.05, 3.63) is 84.1 Å². The monoisotopic (exact) mass is 410 g/mol. The first-order chi connectivity index (χ1) is 14.6. The van der Waals surface area contributed by atoms with Gasteiger partial charge in [-0.2, -0.15) is 0 Å². The predicted octanol–water partition coefficient (Wildman–Crippen LogP) is 4.56. The summed E-state index contributed by atoms with van der Waals surface area (Å²) in [7, 11) is 0. The van der Waals surface area contributed by atoms with E-state index in [1.165, 1.54) is 11.3 Å². The lowest BCUT2D eigenvalue weighted by atomic mass is 10.1. The third-order valence-electron chi connectivity index (χ3n) is 5.13. The van der Waals surface area contributed by atoms with Gasteiger partial charge in [-0.15, -0.1) is 0 Å². The topological polar surface area (TPSA) is 50.8 Å². The number of aromatic nitrogens is 1. The van der Waals surface area contributed by atoms with Gasteiger partial charge in [-0.25, -0.2) is 0 Å². The third kappa shape index (κ3) is 7.48. The lowest BCUT2D eigenvalue weighted by Gasteiger charge is -2.26. The number of benzene rings is 1. The van der Waals surface area contributed by atoms with Crippen molar-refractivity contribution < 1.29 is 14.3 Å². The van der Waals surface area contributed by atoms with E-state index in [1.54, 1.807) is 6.26 Å². The molecule has 2 heterocycles. The predicted molar refractivity (Wildman–Crippen MR) is 119 cm³/mol. The van der Waals surface area contributed by atoms with Gasteiger partial charge in [0.05, 0.1) is 19.0 Å². The van der Waals surface area contributed by atoms with E-state index in [0.29, 0.717) is 25.7 Å². The van der Waals surface area contributed by atoms with Gasteiger partial charge in [0.1, 0.15) is 12.4 Å². The molecule has 0 amide bonds. The van der Waals surface area contributed by atoms with Crippen LogP contribution < -0.4 is 0 Å². The van der Waals surface area contributed by atoms with Crippen LogP contribution in [0.25, 0.3) is 0 Å². The first kappa shape index (κ1) is 22.3. The van der Waals surface area contributed by atoms with Gasteiger partial charge in [0.25, 0.3) is 0 Å². The standard InChI is InChI=1S/C25H34N2O3/c1-21(2)12-14-26(18-24(28)19-29-20-25-11-7-15-30-25)17-23-10-6-13-27(23)16-22-8-4-3-5-9-22/h3-11,13,15,21,24,28H,12,14,16-20H2,1-2H3/t24-/m1/s1. The maximum Gasteiger partial charge on any atom is 0.129 e. The number of aliphatic hydroxyl groups is 1. The Bertz CT molecular complexity index is 827. The van der Waals surface area contributed by atoms with E-state index in [-0.39, 0.29) is 0 Å². The molecule has 0 bridgehead atoms. The molecule has 0 aliphatic rings. The highest BCUT2D eigenvalue weighted by molar-refractivity contribution is 5.17. The molecule has 1 aromatic carbocycles. The quantitative estimate of drug-likeness (QED) is 0.449. The zero-order valence-corrected chi connectivity index (χ0v) is 18.1. The highest BCUT2D eigenvalue weighted by Gasteiger charge is 2.15. The van der Waals surface area contributed by atoms with Crippen LogP contribution in [0.4, 0.5) is 0 Å². The second-order valence-corrected chi connectivity index (χ2v) is 8.28. The fraction of sp³-hybridized carbons (Fsp3) is 0.440. The molecule has 5 heteroatoms. The molecular formula is C25H34N2O3. The van der Waals surface area contributed by atoms with E-state index in [9.17, 15) is 5.11 Å². The summed E-state index contributed by atoms with van der Waals surface area (Å²) in [5.74, 6) is 1.40. The minimum Gasteiger partial charge on any atom is -0.467 e. The van der Waals surface area contributed by atoms with Gasteiger partial charge >= 0.3 is 0 Å². The smallest absolute Gasteiger partial charge is 0.129 e. The van der Waals surface area contributed by atoms with E-state index in [0.717, 1.165) is 31.8 Å². The zero-order chi connectivity index (χ0) is 21.2. The van der Waals surface area contributed by atoms with Crippen LogP contribution in [0.2, 0.25) is 0 Å². The molecule has 1 N–H and O–H groups in total. The van der Waals surface area contributed by atoms with Gasteiger partial charge < -0.3 is 18.8 Å². The fourth-order valence-corrected chi connectivity index (χ4v) is 3.47. The number of nitrogens with zero attached hydrogens (tertiary/aromatic N) is 2. The Morgan fingerprint density at radius 1 is 1.07 bits per heavy atom. The van der Waals surface area contributed by atoms with E-state index in [2.05, 4.69) is 65.9 Å². The van der Waals surface area contributed by atoms with Crippen LogP contribution in [0, 0.1) is 5.92 Å². The summed E-state index contributed by atoms with van der Waals surface area (Å²) >= 11 is 0. The highest BCUT2D eigenvalue weighted by atomic mass is 16.5. The van der Waals surface area contributed by atoms with E-state index >= 15 is 0 Å². The van der Waals surface area contributed by atoms with E-state index in [4.69, 9.17) is 9.15 Å². The van der Waals surface area contributed by atoms with Gasteiger partial charge in [-0.3, -0.25) is 4.90 Å². The first-order valence-corrected chi connectivity index (χ1v) is 10.8. The van der Waals surface area contributed by atoms with Crippen LogP contribution >= 0.6 is 0 Å². The molecule has 0 aliphatic heterocycles. The Labute approximate surface area is 179 Å². The molecule has 3 rings (SSSR count). The van der Waals surface area contributed by atoms with Crippen molar-refractivity contribution >= 4 is 0 Å². The summed E-state index contributed by atoms with van der Waals surface area (Å²) in [6.45, 7) is 8.35. The minimum atomic E-state index is -0.537. The Morgan fingerprint density at radius 3 is 2.63 bits per heavy atom. The van der Waals surface area contributed by atoms with Crippen molar-refractivity contribution in [1.82, 2.24) is 9.47 Å². The number of furan rings is 1. The first-order valence-electron chi connectivity index (χ1n) is 10.8. The van der Waals surface area contributed by atoms with Crippen molar-refractivity contribution in [2.24, 2.45) is 5.92 Å². The van der Waals surface area contributed by atoms with Crippen molar-refractivity contribution in [1.29, 1.82) is 0 Å². The molecular weight excluding hydrogens is 376 g/mol. The Morgan fingerprint density at radius 2 is 1.90 bits per heavy atom. The summed E-state index contributed by atoms with van der Waals surface area (Å²) in [6, 6.07) is 18.5. The molecule has 30 heavy (non-hydrogen) atoms. The molecule has 3 aromatic rings. The van der Waals surface area contributed by atoms with Crippen molar-refractivity contribution in [3.8, 4) is 0 Å². The maximum absolute atomic E-state index is 10.5. The van der Waals surface area contributed by atoms with Gasteiger partial charge in [0.2, 0.25) is 0 Å². The molecule has 5 nitrogen and oxygen atoms in total. The lowest BCUT2D eigenvalue weighted by molar-refractivity contribution is 0.00296. The molecule has 2 aromatic heterocycles. The van der Waals surface area contributed by atoms with Gasteiger partial charge in [0, 0.05) is 31.5 Å². The van der Waals surface area contributed by atoms with Crippen LogP contribution in [-0.4, -0.2) is 40.4 Å². The minimum absolute atomic E-state index is 0.296. The average Bonchev–Trinajstić information content (AvgIpc) is 3.39. The normalized spacial score (nSPS) is 12.7. The number of hydrogen-bond acceptors (Lipinski definition) is 4. The largest absolute Gasteiger partial charge is 0.467 e. The molecule has 0 saturated carbocycles. The summed E-state index contributed by atoms with van der Waals surface area (Å²) < 4.78 is 13.2. The number of aliphatic hydroxyl groups excluding tert-OH is 1.